The Morgan fingerprint density at radius 3 is 1.97 bits per heavy atom. The van der Waals surface area contributed by atoms with Gasteiger partial charge in [0.25, 0.3) is 5.91 Å². The molecule has 0 spiro atoms. The Balaban J connectivity index is 2.07. The van der Waals surface area contributed by atoms with Crippen molar-refractivity contribution in [2.24, 2.45) is 0 Å². The van der Waals surface area contributed by atoms with E-state index in [2.05, 4.69) is 5.32 Å². The smallest absolute Gasteiger partial charge is 0.348 e. The number of alkyl halides is 1. The van der Waals surface area contributed by atoms with Crippen LogP contribution in [0.3, 0.4) is 0 Å². The van der Waals surface area contributed by atoms with Crippen LogP contribution in [0.4, 0.5) is 4.39 Å². The lowest BCUT2D eigenvalue weighted by Crippen LogP contribution is -2.53. The molecule has 31 heavy (non-hydrogen) atoms. The quantitative estimate of drug-likeness (QED) is 0.557. The second-order valence-electron chi connectivity index (χ2n) is 6.68. The maximum absolute atomic E-state index is 15.3. The average Bonchev–Trinajstić information content (AvgIpc) is 2.75. The number of aromatic carboxylic acids is 2. The monoisotopic (exact) mass is 425 g/mol. The number of hydrogen-bond acceptors (Lipinski definition) is 4. The van der Waals surface area contributed by atoms with E-state index in [9.17, 15) is 34.5 Å². The van der Waals surface area contributed by atoms with Gasteiger partial charge < -0.3 is 20.6 Å². The molecule has 0 aromatic heterocycles. The van der Waals surface area contributed by atoms with Crippen molar-refractivity contribution in [1.29, 1.82) is 0 Å². The first-order valence-corrected chi connectivity index (χ1v) is 8.94. The molecular weight excluding hydrogens is 409 g/mol. The van der Waals surface area contributed by atoms with Gasteiger partial charge in [-0.05, 0) is 29.3 Å². The average molecular weight is 425 g/mol. The van der Waals surface area contributed by atoms with Gasteiger partial charge in [-0.15, -0.1) is 0 Å². The van der Waals surface area contributed by atoms with Crippen LogP contribution in [0, 0.1) is 0 Å². The fourth-order valence-corrected chi connectivity index (χ4v) is 3.21. The zero-order valence-corrected chi connectivity index (χ0v) is 15.8. The predicted octanol–water partition coefficient (Wildman–Crippen LogP) is 2.63. The zero-order valence-electron chi connectivity index (χ0n) is 15.8. The third kappa shape index (κ3) is 4.06. The molecule has 4 N–H and O–H groups in total. The van der Waals surface area contributed by atoms with Crippen molar-refractivity contribution in [1.82, 2.24) is 5.32 Å². The van der Waals surface area contributed by atoms with E-state index in [1.807, 2.05) is 0 Å². The number of halogens is 1. The molecule has 1 aliphatic rings. The van der Waals surface area contributed by atoms with Crippen molar-refractivity contribution in [2.75, 3.05) is 0 Å². The van der Waals surface area contributed by atoms with Crippen LogP contribution in [-0.4, -0.2) is 50.8 Å². The van der Waals surface area contributed by atoms with E-state index >= 15 is 4.39 Å². The summed E-state index contributed by atoms with van der Waals surface area (Å²) >= 11 is 0. The number of allylic oxidation sites excluding steroid dienone is 2. The van der Waals surface area contributed by atoms with Gasteiger partial charge in [0.1, 0.15) is 0 Å². The molecule has 0 heterocycles. The molecule has 3 rings (SSSR count). The van der Waals surface area contributed by atoms with Crippen LogP contribution in [0.25, 0.3) is 5.57 Å². The second-order valence-corrected chi connectivity index (χ2v) is 6.68. The predicted molar refractivity (Wildman–Crippen MR) is 107 cm³/mol. The largest absolute Gasteiger partial charge is 0.479 e. The van der Waals surface area contributed by atoms with Crippen molar-refractivity contribution < 1.29 is 38.9 Å². The number of carbonyl (C=O) groups is 4. The summed E-state index contributed by atoms with van der Waals surface area (Å²) < 4.78 is 15.3. The molecule has 2 aromatic carbocycles. The Bertz CT molecular complexity index is 1110. The molecule has 0 bridgehead atoms. The van der Waals surface area contributed by atoms with Gasteiger partial charge in [0, 0.05) is 0 Å². The number of aliphatic carboxylic acids is 1. The van der Waals surface area contributed by atoms with Crippen LogP contribution in [0.2, 0.25) is 0 Å². The number of benzene rings is 2. The van der Waals surface area contributed by atoms with Gasteiger partial charge >= 0.3 is 17.9 Å². The van der Waals surface area contributed by atoms with Crippen molar-refractivity contribution >= 4 is 29.4 Å². The molecular formula is C22H16FNO7. The molecule has 1 aliphatic carbocycles. The van der Waals surface area contributed by atoms with Gasteiger partial charge in [-0.3, -0.25) is 4.79 Å². The second kappa shape index (κ2) is 8.23. The van der Waals surface area contributed by atoms with Crippen molar-refractivity contribution in [3.05, 3.63) is 89.0 Å². The van der Waals surface area contributed by atoms with E-state index in [1.54, 1.807) is 30.3 Å². The fraction of sp³-hybridized carbons (Fsp3) is 0.0909. The van der Waals surface area contributed by atoms with Crippen LogP contribution in [0.5, 0.6) is 0 Å². The van der Waals surface area contributed by atoms with E-state index in [4.69, 9.17) is 0 Å². The van der Waals surface area contributed by atoms with Crippen LogP contribution in [-0.2, 0) is 4.79 Å². The Hall–Kier alpha value is -4.27. The molecule has 158 valence electrons. The number of amides is 1. The van der Waals surface area contributed by atoms with Gasteiger partial charge in [0.05, 0.1) is 22.7 Å². The van der Waals surface area contributed by atoms with E-state index in [-0.39, 0.29) is 0 Å². The summed E-state index contributed by atoms with van der Waals surface area (Å²) in [6, 6.07) is 10.0. The summed E-state index contributed by atoms with van der Waals surface area (Å²) in [5.74, 6) is -6.24. The number of rotatable bonds is 6. The standard InChI is InChI=1S/C22H16FNO7/c23-22(21(30)31)10-9-13(12-5-2-1-3-6-12)11-16(22)24-18(25)17-14(19(26)27)7-4-8-15(17)20(28)29/h1-11,16H,(H,24,25)(H,26,27)(H,28,29)(H,30,31). The van der Waals surface area contributed by atoms with Crippen LogP contribution >= 0.6 is 0 Å². The van der Waals surface area contributed by atoms with Crippen molar-refractivity contribution in [2.45, 2.75) is 11.7 Å². The minimum atomic E-state index is -3.03. The minimum absolute atomic E-state index is 0.422. The van der Waals surface area contributed by atoms with Gasteiger partial charge in [-0.25, -0.2) is 18.8 Å². The van der Waals surface area contributed by atoms with Gasteiger partial charge in [0.15, 0.2) is 0 Å². The van der Waals surface area contributed by atoms with E-state index < -0.39 is 52.2 Å². The maximum atomic E-state index is 15.3. The Kier molecular flexibility index (Phi) is 5.69. The number of carbonyl (C=O) groups excluding carboxylic acids is 1. The highest BCUT2D eigenvalue weighted by Crippen LogP contribution is 2.31. The first kappa shape index (κ1) is 21.4. The molecule has 0 saturated heterocycles. The molecule has 2 unspecified atom stereocenters. The molecule has 2 aromatic rings. The van der Waals surface area contributed by atoms with Gasteiger partial charge in [-0.2, -0.15) is 0 Å². The van der Waals surface area contributed by atoms with Crippen molar-refractivity contribution in [3.8, 4) is 0 Å². The van der Waals surface area contributed by atoms with E-state index in [0.717, 1.165) is 24.3 Å². The topological polar surface area (TPSA) is 141 Å². The zero-order chi connectivity index (χ0) is 22.8. The van der Waals surface area contributed by atoms with Gasteiger partial charge in [0.2, 0.25) is 5.67 Å². The normalized spacial score (nSPS) is 19.9. The molecule has 9 heteroatoms. The summed E-state index contributed by atoms with van der Waals surface area (Å²) in [7, 11) is 0. The molecule has 8 nitrogen and oxygen atoms in total. The summed E-state index contributed by atoms with van der Waals surface area (Å²) in [5, 5.41) is 30.2. The number of carboxylic acid groups (broad SMARTS) is 3. The third-order valence-corrected chi connectivity index (χ3v) is 4.78. The molecule has 2 atom stereocenters. The van der Waals surface area contributed by atoms with Crippen LogP contribution < -0.4 is 5.32 Å². The van der Waals surface area contributed by atoms with Gasteiger partial charge in [-0.1, -0.05) is 48.6 Å². The Labute approximate surface area is 174 Å². The SMILES string of the molecule is O=C(O)c1cccc(C(=O)O)c1C(=O)NC1C=C(c2ccccc2)C=CC1(F)C(=O)O. The highest BCUT2D eigenvalue weighted by Gasteiger charge is 2.46. The molecule has 0 aliphatic heterocycles. The number of carboxylic acids is 3. The maximum Gasteiger partial charge on any atom is 0.348 e. The van der Waals surface area contributed by atoms with Crippen LogP contribution in [0.1, 0.15) is 36.6 Å². The summed E-state index contributed by atoms with van der Waals surface area (Å²) in [4.78, 5) is 47.5. The summed E-state index contributed by atoms with van der Waals surface area (Å²) in [6.45, 7) is 0. The molecule has 1 amide bonds. The number of nitrogens with one attached hydrogen (secondary N) is 1. The molecule has 0 radical (unpaired) electrons. The lowest BCUT2D eigenvalue weighted by atomic mass is 9.86. The Morgan fingerprint density at radius 2 is 1.45 bits per heavy atom. The summed E-state index contributed by atoms with van der Waals surface area (Å²) in [6.07, 6.45) is 3.23. The fourth-order valence-electron chi connectivity index (χ4n) is 3.21. The van der Waals surface area contributed by atoms with Crippen LogP contribution in [0.15, 0.2) is 66.8 Å². The lowest BCUT2D eigenvalue weighted by molar-refractivity contribution is -0.148. The highest BCUT2D eigenvalue weighted by molar-refractivity contribution is 6.12. The molecule has 0 fully saturated rings. The van der Waals surface area contributed by atoms with E-state index in [0.29, 0.717) is 11.1 Å². The van der Waals surface area contributed by atoms with Crippen molar-refractivity contribution in [3.63, 3.8) is 0 Å². The first-order chi connectivity index (χ1) is 14.6. The Morgan fingerprint density at radius 1 is 0.871 bits per heavy atom. The summed E-state index contributed by atoms with van der Waals surface area (Å²) in [5.41, 5.74) is -3.92. The molecule has 0 saturated carbocycles. The minimum Gasteiger partial charge on any atom is -0.479 e. The lowest BCUT2D eigenvalue weighted by Gasteiger charge is -2.30. The first-order valence-electron chi connectivity index (χ1n) is 8.94. The highest BCUT2D eigenvalue weighted by atomic mass is 19.1. The van der Waals surface area contributed by atoms with E-state index in [1.165, 1.54) is 12.2 Å². The third-order valence-electron chi connectivity index (χ3n) is 4.78. The number of hydrogen-bond donors (Lipinski definition) is 4.